The maximum absolute atomic E-state index is 12.8. The molecular weight excluding hydrogens is 166 g/mol. The van der Waals surface area contributed by atoms with Crippen LogP contribution in [0.5, 0.6) is 0 Å². The van der Waals surface area contributed by atoms with E-state index in [0.717, 1.165) is 6.92 Å². The van der Waals surface area contributed by atoms with Crippen LogP contribution in [0.2, 0.25) is 0 Å². The molecule has 0 aliphatic heterocycles. The van der Waals surface area contributed by atoms with Crippen LogP contribution in [0.3, 0.4) is 0 Å². The lowest BCUT2D eigenvalue weighted by atomic mass is 10.1. The highest BCUT2D eigenvalue weighted by atomic mass is 19.3. The topological polar surface area (TPSA) is 37.3 Å². The Morgan fingerprint density at radius 3 is 2.00 bits per heavy atom. The largest absolute Gasteiger partial charge is 0.481 e. The van der Waals surface area contributed by atoms with Crippen molar-refractivity contribution in [1.82, 2.24) is 0 Å². The smallest absolute Gasteiger partial charge is 0.307 e. The molecule has 4 heteroatoms. The first-order valence-electron chi connectivity index (χ1n) is 3.79. The minimum absolute atomic E-state index is 0.760. The van der Waals surface area contributed by atoms with E-state index in [0.29, 0.717) is 0 Å². The molecule has 2 atom stereocenters. The highest BCUT2D eigenvalue weighted by Gasteiger charge is 2.70. The van der Waals surface area contributed by atoms with E-state index >= 15 is 0 Å². The summed E-state index contributed by atoms with van der Waals surface area (Å²) < 4.78 is 25.5. The lowest BCUT2D eigenvalue weighted by Crippen LogP contribution is -2.17. The average Bonchev–Trinajstić information content (AvgIpc) is 2.31. The minimum Gasteiger partial charge on any atom is -0.481 e. The lowest BCUT2D eigenvalue weighted by molar-refractivity contribution is -0.140. The number of carboxylic acids is 1. The van der Waals surface area contributed by atoms with Gasteiger partial charge in [0.1, 0.15) is 0 Å². The number of carboxylic acid groups (broad SMARTS) is 1. The van der Waals surface area contributed by atoms with Crippen LogP contribution >= 0.6 is 0 Å². The molecule has 0 aromatic heterocycles. The van der Waals surface area contributed by atoms with Crippen LogP contribution in [0.4, 0.5) is 8.78 Å². The number of halogens is 2. The van der Waals surface area contributed by atoms with Crippen LogP contribution in [0, 0.1) is 17.3 Å². The summed E-state index contributed by atoms with van der Waals surface area (Å²) in [6, 6.07) is 0. The van der Waals surface area contributed by atoms with E-state index in [1.165, 1.54) is 0 Å². The van der Waals surface area contributed by atoms with Crippen LogP contribution in [-0.4, -0.2) is 17.0 Å². The Kier molecular flexibility index (Phi) is 1.71. The van der Waals surface area contributed by atoms with E-state index in [1.807, 2.05) is 0 Å². The van der Waals surface area contributed by atoms with Gasteiger partial charge in [0, 0.05) is 5.92 Å². The fourth-order valence-corrected chi connectivity index (χ4v) is 2.04. The quantitative estimate of drug-likeness (QED) is 0.702. The van der Waals surface area contributed by atoms with Gasteiger partial charge in [0.25, 0.3) is 0 Å². The van der Waals surface area contributed by atoms with Crippen molar-refractivity contribution in [1.29, 1.82) is 0 Å². The van der Waals surface area contributed by atoms with Crippen LogP contribution < -0.4 is 0 Å². The van der Waals surface area contributed by atoms with Gasteiger partial charge in [-0.3, -0.25) is 4.79 Å². The van der Waals surface area contributed by atoms with Crippen molar-refractivity contribution in [3.8, 4) is 0 Å². The van der Waals surface area contributed by atoms with Gasteiger partial charge in [-0.1, -0.05) is 13.8 Å². The SMILES string of the molecule is CC(F)(F)[C@H]1[C@H](C(=O)O)C1(C)C. The summed E-state index contributed by atoms with van der Waals surface area (Å²) in [5.74, 6) is -5.90. The van der Waals surface area contributed by atoms with Gasteiger partial charge < -0.3 is 5.11 Å². The number of alkyl halides is 2. The highest BCUT2D eigenvalue weighted by Crippen LogP contribution is 2.64. The molecule has 0 aromatic carbocycles. The van der Waals surface area contributed by atoms with Gasteiger partial charge >= 0.3 is 5.97 Å². The molecule has 0 spiro atoms. The summed E-state index contributed by atoms with van der Waals surface area (Å²) in [4.78, 5) is 10.5. The zero-order chi connectivity index (χ0) is 9.73. The van der Waals surface area contributed by atoms with E-state index in [9.17, 15) is 13.6 Å². The van der Waals surface area contributed by atoms with E-state index in [-0.39, 0.29) is 0 Å². The van der Waals surface area contributed by atoms with Crippen LogP contribution in [0.25, 0.3) is 0 Å². The first-order chi connectivity index (χ1) is 5.19. The normalized spacial score (nSPS) is 33.1. The molecular formula is C8H12F2O2. The molecule has 0 heterocycles. The number of rotatable bonds is 2. The molecule has 1 aliphatic rings. The van der Waals surface area contributed by atoms with Gasteiger partial charge in [0.15, 0.2) is 0 Å². The fourth-order valence-electron chi connectivity index (χ4n) is 2.04. The third kappa shape index (κ3) is 1.19. The third-order valence-electron chi connectivity index (χ3n) is 2.64. The van der Waals surface area contributed by atoms with Crippen molar-refractivity contribution in [3.63, 3.8) is 0 Å². The molecule has 1 fully saturated rings. The van der Waals surface area contributed by atoms with E-state index < -0.39 is 29.1 Å². The second-order valence-electron chi connectivity index (χ2n) is 4.07. The van der Waals surface area contributed by atoms with Crippen molar-refractivity contribution >= 4 is 5.97 Å². The summed E-state index contributed by atoms with van der Waals surface area (Å²) in [6.07, 6.45) is 0. The van der Waals surface area contributed by atoms with Crippen molar-refractivity contribution in [2.24, 2.45) is 17.3 Å². The Morgan fingerprint density at radius 2 is 1.92 bits per heavy atom. The van der Waals surface area contributed by atoms with Gasteiger partial charge in [-0.25, -0.2) is 8.78 Å². The zero-order valence-corrected chi connectivity index (χ0v) is 7.27. The zero-order valence-electron chi connectivity index (χ0n) is 7.27. The molecule has 0 saturated heterocycles. The van der Waals surface area contributed by atoms with Crippen molar-refractivity contribution in [3.05, 3.63) is 0 Å². The van der Waals surface area contributed by atoms with Crippen molar-refractivity contribution < 1.29 is 18.7 Å². The van der Waals surface area contributed by atoms with Crippen LogP contribution in [0.1, 0.15) is 20.8 Å². The molecule has 12 heavy (non-hydrogen) atoms. The molecule has 1 N–H and O–H groups in total. The molecule has 1 aliphatic carbocycles. The van der Waals surface area contributed by atoms with Gasteiger partial charge in [-0.05, 0) is 12.3 Å². The summed E-state index contributed by atoms with van der Waals surface area (Å²) in [5.41, 5.74) is -0.760. The standard InChI is InChI=1S/C8H12F2O2/c1-7(2)4(6(11)12)5(7)8(3,9)10/h4-5H,1-3H3,(H,11,12)/t4-,5+/m1/s1. The summed E-state index contributed by atoms with van der Waals surface area (Å²) in [6.45, 7) is 3.91. The van der Waals surface area contributed by atoms with Gasteiger partial charge in [-0.2, -0.15) is 0 Å². The van der Waals surface area contributed by atoms with E-state index in [2.05, 4.69) is 0 Å². The maximum Gasteiger partial charge on any atom is 0.307 e. The Hall–Kier alpha value is -0.670. The van der Waals surface area contributed by atoms with Crippen LogP contribution in [-0.2, 0) is 4.79 Å². The molecule has 1 rings (SSSR count). The molecule has 70 valence electrons. The van der Waals surface area contributed by atoms with E-state index in [1.54, 1.807) is 13.8 Å². The first-order valence-corrected chi connectivity index (χ1v) is 3.79. The maximum atomic E-state index is 12.8. The molecule has 0 bridgehead atoms. The Morgan fingerprint density at radius 1 is 1.50 bits per heavy atom. The van der Waals surface area contributed by atoms with Gasteiger partial charge in [-0.15, -0.1) is 0 Å². The predicted octanol–water partition coefficient (Wildman–Crippen LogP) is 2.00. The third-order valence-corrected chi connectivity index (χ3v) is 2.64. The molecule has 0 aromatic rings. The van der Waals surface area contributed by atoms with E-state index in [4.69, 9.17) is 5.11 Å². The fraction of sp³-hybridized carbons (Fsp3) is 0.875. The Balaban J connectivity index is 2.80. The van der Waals surface area contributed by atoms with Gasteiger partial charge in [0.2, 0.25) is 5.92 Å². The lowest BCUT2D eigenvalue weighted by Gasteiger charge is -2.10. The monoisotopic (exact) mass is 178 g/mol. The summed E-state index contributed by atoms with van der Waals surface area (Å²) in [5, 5.41) is 8.59. The summed E-state index contributed by atoms with van der Waals surface area (Å²) >= 11 is 0. The second-order valence-corrected chi connectivity index (χ2v) is 4.07. The average molecular weight is 178 g/mol. The number of hydrogen-bond donors (Lipinski definition) is 1. The van der Waals surface area contributed by atoms with Gasteiger partial charge in [0.05, 0.1) is 5.92 Å². The number of aliphatic carboxylic acids is 1. The van der Waals surface area contributed by atoms with Crippen molar-refractivity contribution in [2.75, 3.05) is 0 Å². The number of carbonyl (C=O) groups is 1. The van der Waals surface area contributed by atoms with Crippen molar-refractivity contribution in [2.45, 2.75) is 26.7 Å². The second kappa shape index (κ2) is 2.18. The number of hydrogen-bond acceptors (Lipinski definition) is 1. The van der Waals surface area contributed by atoms with Crippen LogP contribution in [0.15, 0.2) is 0 Å². The molecule has 0 unspecified atom stereocenters. The molecule has 2 nitrogen and oxygen atoms in total. The summed E-state index contributed by atoms with van der Waals surface area (Å²) in [7, 11) is 0. The Labute approximate surface area is 69.6 Å². The predicted molar refractivity (Wildman–Crippen MR) is 39.0 cm³/mol. The molecule has 0 amide bonds. The Bertz CT molecular complexity index is 218. The minimum atomic E-state index is -2.88. The molecule has 1 saturated carbocycles. The first kappa shape index (κ1) is 9.42. The molecule has 0 radical (unpaired) electrons. The highest BCUT2D eigenvalue weighted by molar-refractivity contribution is 5.75.